The molecular formula is C14H20FNO2. The van der Waals surface area contributed by atoms with Crippen molar-refractivity contribution >= 4 is 0 Å². The van der Waals surface area contributed by atoms with E-state index < -0.39 is 0 Å². The molecule has 0 aromatic heterocycles. The van der Waals surface area contributed by atoms with Gasteiger partial charge in [0, 0.05) is 18.5 Å². The molecule has 1 heterocycles. The molecule has 0 bridgehead atoms. The van der Waals surface area contributed by atoms with Crippen molar-refractivity contribution in [2.75, 3.05) is 26.3 Å². The van der Waals surface area contributed by atoms with Gasteiger partial charge in [-0.15, -0.1) is 0 Å². The smallest absolute Gasteiger partial charge is 0.126 e. The third-order valence-electron chi connectivity index (χ3n) is 2.92. The Kier molecular flexibility index (Phi) is 4.96. The molecule has 1 aliphatic heterocycles. The maximum Gasteiger partial charge on any atom is 0.126 e. The van der Waals surface area contributed by atoms with E-state index in [4.69, 9.17) is 9.47 Å². The molecule has 0 spiro atoms. The van der Waals surface area contributed by atoms with Gasteiger partial charge in [0.1, 0.15) is 17.7 Å². The molecule has 1 N–H and O–H groups in total. The molecule has 0 saturated heterocycles. The van der Waals surface area contributed by atoms with E-state index in [2.05, 4.69) is 12.2 Å². The molecule has 2 rings (SSSR count). The second-order valence-electron chi connectivity index (χ2n) is 4.52. The van der Waals surface area contributed by atoms with Crippen LogP contribution in [0.3, 0.4) is 0 Å². The van der Waals surface area contributed by atoms with Crippen LogP contribution in [-0.2, 0) is 11.2 Å². The maximum absolute atomic E-state index is 13.0. The molecule has 1 aromatic carbocycles. The molecule has 1 aromatic rings. The Balaban J connectivity index is 1.65. The topological polar surface area (TPSA) is 30.5 Å². The average molecular weight is 253 g/mol. The zero-order valence-corrected chi connectivity index (χ0v) is 10.7. The maximum atomic E-state index is 13.0. The van der Waals surface area contributed by atoms with Crippen LogP contribution in [0.2, 0.25) is 0 Å². The van der Waals surface area contributed by atoms with Gasteiger partial charge in [0.15, 0.2) is 0 Å². The SMILES string of the molecule is CCCNCCOCC1Cc2cc(F)ccc2O1. The molecule has 1 atom stereocenters. The van der Waals surface area contributed by atoms with Gasteiger partial charge in [0.25, 0.3) is 0 Å². The van der Waals surface area contributed by atoms with E-state index in [0.717, 1.165) is 37.2 Å². The minimum atomic E-state index is -0.206. The van der Waals surface area contributed by atoms with Gasteiger partial charge in [0.05, 0.1) is 13.2 Å². The van der Waals surface area contributed by atoms with Crippen molar-refractivity contribution in [2.24, 2.45) is 0 Å². The van der Waals surface area contributed by atoms with Crippen molar-refractivity contribution in [1.82, 2.24) is 5.32 Å². The first-order valence-corrected chi connectivity index (χ1v) is 6.53. The van der Waals surface area contributed by atoms with Crippen molar-refractivity contribution in [2.45, 2.75) is 25.9 Å². The molecule has 0 fully saturated rings. The normalized spacial score (nSPS) is 17.6. The molecule has 1 unspecified atom stereocenters. The summed E-state index contributed by atoms with van der Waals surface area (Å²) in [6.07, 6.45) is 1.88. The first kappa shape index (κ1) is 13.3. The fourth-order valence-electron chi connectivity index (χ4n) is 2.04. The fourth-order valence-corrected chi connectivity index (χ4v) is 2.04. The van der Waals surface area contributed by atoms with Crippen molar-refractivity contribution in [3.8, 4) is 5.75 Å². The highest BCUT2D eigenvalue weighted by Crippen LogP contribution is 2.29. The fraction of sp³-hybridized carbons (Fsp3) is 0.571. The Morgan fingerprint density at radius 2 is 2.33 bits per heavy atom. The summed E-state index contributed by atoms with van der Waals surface area (Å²) in [6.45, 7) is 5.27. The number of rotatable bonds is 7. The lowest BCUT2D eigenvalue weighted by Gasteiger charge is -2.11. The van der Waals surface area contributed by atoms with Crippen molar-refractivity contribution in [3.05, 3.63) is 29.6 Å². The predicted molar refractivity (Wildman–Crippen MR) is 68.5 cm³/mol. The van der Waals surface area contributed by atoms with Gasteiger partial charge >= 0.3 is 0 Å². The van der Waals surface area contributed by atoms with Crippen LogP contribution in [0.15, 0.2) is 18.2 Å². The summed E-state index contributed by atoms with van der Waals surface area (Å²) in [6, 6.07) is 4.66. The molecule has 0 radical (unpaired) electrons. The summed E-state index contributed by atoms with van der Waals surface area (Å²) in [5.41, 5.74) is 0.938. The number of hydrogen-bond acceptors (Lipinski definition) is 3. The highest BCUT2D eigenvalue weighted by Gasteiger charge is 2.23. The highest BCUT2D eigenvalue weighted by molar-refractivity contribution is 5.37. The van der Waals surface area contributed by atoms with E-state index >= 15 is 0 Å². The minimum absolute atomic E-state index is 0.0213. The summed E-state index contributed by atoms with van der Waals surface area (Å²) >= 11 is 0. The summed E-state index contributed by atoms with van der Waals surface area (Å²) in [4.78, 5) is 0. The Hall–Kier alpha value is -1.13. The van der Waals surface area contributed by atoms with Crippen LogP contribution in [0.5, 0.6) is 5.75 Å². The Morgan fingerprint density at radius 1 is 1.44 bits per heavy atom. The van der Waals surface area contributed by atoms with E-state index in [1.54, 1.807) is 6.07 Å². The Labute approximate surface area is 107 Å². The van der Waals surface area contributed by atoms with Gasteiger partial charge in [-0.3, -0.25) is 0 Å². The Bertz CT molecular complexity index is 384. The highest BCUT2D eigenvalue weighted by atomic mass is 19.1. The summed E-state index contributed by atoms with van der Waals surface area (Å²) in [7, 11) is 0. The third kappa shape index (κ3) is 3.68. The lowest BCUT2D eigenvalue weighted by Crippen LogP contribution is -2.25. The van der Waals surface area contributed by atoms with E-state index in [9.17, 15) is 4.39 Å². The van der Waals surface area contributed by atoms with E-state index in [0.29, 0.717) is 13.2 Å². The molecule has 4 heteroatoms. The predicted octanol–water partition coefficient (Wildman–Crippen LogP) is 2.15. The van der Waals surface area contributed by atoms with Crippen LogP contribution >= 0.6 is 0 Å². The van der Waals surface area contributed by atoms with Crippen LogP contribution in [0.1, 0.15) is 18.9 Å². The molecule has 0 amide bonds. The number of nitrogens with one attached hydrogen (secondary N) is 1. The quantitative estimate of drug-likeness (QED) is 0.755. The van der Waals surface area contributed by atoms with Gasteiger partial charge in [-0.25, -0.2) is 4.39 Å². The first-order chi connectivity index (χ1) is 8.79. The number of ether oxygens (including phenoxy) is 2. The lowest BCUT2D eigenvalue weighted by atomic mass is 10.1. The van der Waals surface area contributed by atoms with Crippen LogP contribution < -0.4 is 10.1 Å². The molecule has 100 valence electrons. The monoisotopic (exact) mass is 253 g/mol. The van der Waals surface area contributed by atoms with Gasteiger partial charge in [-0.05, 0) is 31.2 Å². The standard InChI is InChI=1S/C14H20FNO2/c1-2-5-16-6-7-17-10-13-9-11-8-12(15)3-4-14(11)18-13/h3-4,8,13,16H,2,5-7,9-10H2,1H3. The molecule has 18 heavy (non-hydrogen) atoms. The zero-order chi connectivity index (χ0) is 12.8. The van der Waals surface area contributed by atoms with E-state index in [1.165, 1.54) is 12.1 Å². The first-order valence-electron chi connectivity index (χ1n) is 6.53. The van der Waals surface area contributed by atoms with Crippen LogP contribution in [0.25, 0.3) is 0 Å². The number of fused-ring (bicyclic) bond motifs is 1. The van der Waals surface area contributed by atoms with Gasteiger partial charge in [-0.1, -0.05) is 6.92 Å². The average Bonchev–Trinajstić information content (AvgIpc) is 2.75. The van der Waals surface area contributed by atoms with Gasteiger partial charge in [0.2, 0.25) is 0 Å². The van der Waals surface area contributed by atoms with Crippen molar-refractivity contribution < 1.29 is 13.9 Å². The lowest BCUT2D eigenvalue weighted by molar-refractivity contribution is 0.0621. The van der Waals surface area contributed by atoms with Crippen LogP contribution in [0, 0.1) is 5.82 Å². The van der Waals surface area contributed by atoms with Crippen LogP contribution in [-0.4, -0.2) is 32.4 Å². The number of benzene rings is 1. The molecule has 0 aliphatic carbocycles. The number of halogens is 1. The van der Waals surface area contributed by atoms with Gasteiger partial charge < -0.3 is 14.8 Å². The minimum Gasteiger partial charge on any atom is -0.487 e. The third-order valence-corrected chi connectivity index (χ3v) is 2.92. The molecule has 1 aliphatic rings. The summed E-state index contributed by atoms with van der Waals surface area (Å²) in [5.74, 6) is 0.580. The van der Waals surface area contributed by atoms with Gasteiger partial charge in [-0.2, -0.15) is 0 Å². The van der Waals surface area contributed by atoms with Crippen molar-refractivity contribution in [3.63, 3.8) is 0 Å². The molecule has 3 nitrogen and oxygen atoms in total. The van der Waals surface area contributed by atoms with E-state index in [-0.39, 0.29) is 11.9 Å². The molecular weight excluding hydrogens is 233 g/mol. The number of hydrogen-bond donors (Lipinski definition) is 1. The van der Waals surface area contributed by atoms with Crippen molar-refractivity contribution in [1.29, 1.82) is 0 Å². The van der Waals surface area contributed by atoms with Crippen LogP contribution in [0.4, 0.5) is 4.39 Å². The Morgan fingerprint density at radius 3 is 3.17 bits per heavy atom. The summed E-state index contributed by atoms with van der Waals surface area (Å²) in [5, 5.41) is 3.27. The summed E-state index contributed by atoms with van der Waals surface area (Å²) < 4.78 is 24.2. The molecule has 0 saturated carbocycles. The second-order valence-corrected chi connectivity index (χ2v) is 4.52. The largest absolute Gasteiger partial charge is 0.487 e. The second kappa shape index (κ2) is 6.71. The van der Waals surface area contributed by atoms with E-state index in [1.807, 2.05) is 0 Å². The zero-order valence-electron chi connectivity index (χ0n) is 10.7.